The van der Waals surface area contributed by atoms with Crippen molar-refractivity contribution in [1.29, 1.82) is 0 Å². The van der Waals surface area contributed by atoms with E-state index >= 15 is 0 Å². The number of likely N-dealkylation sites (N-methyl/N-ethyl adjacent to an activating group) is 1. The van der Waals surface area contributed by atoms with E-state index in [0.29, 0.717) is 0 Å². The van der Waals surface area contributed by atoms with Gasteiger partial charge in [-0.3, -0.25) is 0 Å². The van der Waals surface area contributed by atoms with Crippen molar-refractivity contribution in [2.45, 2.75) is 4.90 Å². The van der Waals surface area contributed by atoms with Gasteiger partial charge in [0.25, 0.3) is 0 Å². The van der Waals surface area contributed by atoms with Gasteiger partial charge in [0.1, 0.15) is 0 Å². The lowest BCUT2D eigenvalue weighted by Crippen LogP contribution is -2.03. The molecule has 0 fully saturated rings. The van der Waals surface area contributed by atoms with Crippen LogP contribution < -0.4 is 5.32 Å². The van der Waals surface area contributed by atoms with Crippen LogP contribution in [0.5, 0.6) is 0 Å². The smallest absolute Gasteiger partial charge is 0.316 e. The van der Waals surface area contributed by atoms with Crippen molar-refractivity contribution in [3.05, 3.63) is 35.9 Å². The van der Waals surface area contributed by atoms with Gasteiger partial charge in [0.05, 0.1) is 4.90 Å². The van der Waals surface area contributed by atoms with E-state index < -0.39 is 10.2 Å². The Balaban J connectivity index is 2.82. The first-order valence-electron chi connectivity index (χ1n) is 4.40. The van der Waals surface area contributed by atoms with E-state index in [4.69, 9.17) is 0 Å². The molecule has 1 N–H and O–H groups in total. The summed E-state index contributed by atoms with van der Waals surface area (Å²) in [5.74, 6) is 0. The molecule has 0 atom stereocenters. The minimum atomic E-state index is -4.58. The van der Waals surface area contributed by atoms with Gasteiger partial charge in [-0.1, -0.05) is 24.3 Å². The van der Waals surface area contributed by atoms with Crippen LogP contribution >= 0.6 is 0 Å². The topological polar surface area (TPSA) is 46.2 Å². The number of hydrogen-bond donors (Lipinski definition) is 1. The molecule has 0 aliphatic carbocycles. The highest BCUT2D eigenvalue weighted by molar-refractivity contribution is 7.86. The van der Waals surface area contributed by atoms with Crippen LogP contribution in [-0.4, -0.2) is 22.0 Å². The highest BCUT2D eigenvalue weighted by Crippen LogP contribution is 2.13. The summed E-state index contributed by atoms with van der Waals surface area (Å²) < 4.78 is 33.5. The van der Waals surface area contributed by atoms with Gasteiger partial charge in [-0.15, -0.1) is 3.89 Å². The molecular formula is C10H12FNO2S. The fourth-order valence-corrected chi connectivity index (χ4v) is 1.52. The van der Waals surface area contributed by atoms with Gasteiger partial charge in [0.15, 0.2) is 0 Å². The van der Waals surface area contributed by atoms with E-state index in [1.54, 1.807) is 12.1 Å². The molecule has 0 saturated carbocycles. The zero-order valence-electron chi connectivity index (χ0n) is 8.27. The number of benzene rings is 1. The molecule has 1 aromatic carbocycles. The van der Waals surface area contributed by atoms with Crippen LogP contribution in [0.25, 0.3) is 6.08 Å². The number of nitrogens with one attached hydrogen (secondary N) is 1. The predicted molar refractivity (Wildman–Crippen MR) is 57.7 cm³/mol. The van der Waals surface area contributed by atoms with Crippen LogP contribution in [0.2, 0.25) is 0 Å². The lowest BCUT2D eigenvalue weighted by molar-refractivity contribution is 0.552. The van der Waals surface area contributed by atoms with E-state index in [2.05, 4.69) is 5.32 Å². The third kappa shape index (κ3) is 3.81. The summed E-state index contributed by atoms with van der Waals surface area (Å²) >= 11 is 0. The summed E-state index contributed by atoms with van der Waals surface area (Å²) in [5.41, 5.74) is 0.831. The summed E-state index contributed by atoms with van der Waals surface area (Å²) in [6, 6.07) is 5.60. The summed E-state index contributed by atoms with van der Waals surface area (Å²) in [4.78, 5) is -0.312. The van der Waals surface area contributed by atoms with Gasteiger partial charge in [-0.05, 0) is 24.7 Å². The Bertz CT molecular complexity index is 437. The lowest BCUT2D eigenvalue weighted by Gasteiger charge is -1.96. The molecular weight excluding hydrogens is 217 g/mol. The Kier molecular flexibility index (Phi) is 3.99. The second kappa shape index (κ2) is 5.04. The lowest BCUT2D eigenvalue weighted by atomic mass is 10.2. The SMILES string of the molecule is CNCC=Cc1ccc(S(=O)(=O)F)cc1. The minimum Gasteiger partial charge on any atom is -0.316 e. The quantitative estimate of drug-likeness (QED) is 0.797. The Morgan fingerprint density at radius 1 is 1.33 bits per heavy atom. The molecule has 1 aromatic rings. The van der Waals surface area contributed by atoms with Crippen molar-refractivity contribution in [2.75, 3.05) is 13.6 Å². The van der Waals surface area contributed by atoms with Crippen molar-refractivity contribution < 1.29 is 12.3 Å². The third-order valence-corrected chi connectivity index (χ3v) is 2.63. The number of rotatable bonds is 4. The normalized spacial score (nSPS) is 12.1. The zero-order valence-corrected chi connectivity index (χ0v) is 9.09. The zero-order chi connectivity index (χ0) is 11.3. The number of hydrogen-bond acceptors (Lipinski definition) is 3. The second-order valence-corrected chi connectivity index (χ2v) is 4.31. The van der Waals surface area contributed by atoms with E-state index in [-0.39, 0.29) is 4.90 Å². The molecule has 0 unspecified atom stereocenters. The molecule has 0 bridgehead atoms. The molecule has 1 rings (SSSR count). The average Bonchev–Trinajstić information content (AvgIpc) is 2.18. The summed E-state index contributed by atoms with van der Waals surface area (Å²) in [5, 5.41) is 2.93. The van der Waals surface area contributed by atoms with Crippen molar-refractivity contribution in [1.82, 2.24) is 5.32 Å². The molecule has 3 nitrogen and oxygen atoms in total. The first-order chi connectivity index (χ1) is 7.04. The monoisotopic (exact) mass is 229 g/mol. The van der Waals surface area contributed by atoms with Crippen LogP contribution in [-0.2, 0) is 10.2 Å². The Morgan fingerprint density at radius 2 is 1.93 bits per heavy atom. The van der Waals surface area contributed by atoms with Crippen LogP contribution in [0.4, 0.5) is 3.89 Å². The number of halogens is 1. The fourth-order valence-electron chi connectivity index (χ4n) is 1.05. The first kappa shape index (κ1) is 11.9. The van der Waals surface area contributed by atoms with Gasteiger partial charge in [0.2, 0.25) is 0 Å². The molecule has 82 valence electrons. The molecule has 0 heterocycles. The molecule has 0 aliphatic rings. The minimum absolute atomic E-state index is 0.312. The average molecular weight is 229 g/mol. The van der Waals surface area contributed by atoms with Crippen molar-refractivity contribution in [3.63, 3.8) is 0 Å². The van der Waals surface area contributed by atoms with E-state index in [1.165, 1.54) is 12.1 Å². The molecule has 0 aromatic heterocycles. The van der Waals surface area contributed by atoms with Crippen LogP contribution in [0, 0.1) is 0 Å². The van der Waals surface area contributed by atoms with Gasteiger partial charge in [0, 0.05) is 6.54 Å². The summed E-state index contributed by atoms with van der Waals surface area (Å²) in [7, 11) is -2.76. The molecule has 0 spiro atoms. The van der Waals surface area contributed by atoms with E-state index in [0.717, 1.165) is 12.1 Å². The predicted octanol–water partition coefficient (Wildman–Crippen LogP) is 1.58. The van der Waals surface area contributed by atoms with Gasteiger partial charge < -0.3 is 5.32 Å². The fraction of sp³-hybridized carbons (Fsp3) is 0.200. The summed E-state index contributed by atoms with van der Waals surface area (Å²) in [6.07, 6.45) is 3.71. The first-order valence-corrected chi connectivity index (χ1v) is 5.78. The second-order valence-electron chi connectivity index (χ2n) is 2.97. The third-order valence-electron chi connectivity index (χ3n) is 1.79. The molecule has 15 heavy (non-hydrogen) atoms. The maximum Gasteiger partial charge on any atom is 0.332 e. The van der Waals surface area contributed by atoms with Crippen LogP contribution in [0.3, 0.4) is 0 Å². The van der Waals surface area contributed by atoms with Gasteiger partial charge in [-0.25, -0.2) is 0 Å². The van der Waals surface area contributed by atoms with Crippen molar-refractivity contribution >= 4 is 16.3 Å². The van der Waals surface area contributed by atoms with Gasteiger partial charge in [-0.2, -0.15) is 8.42 Å². The summed E-state index contributed by atoms with van der Waals surface area (Å²) in [6.45, 7) is 0.725. The molecule has 0 radical (unpaired) electrons. The highest BCUT2D eigenvalue weighted by Gasteiger charge is 2.09. The maximum absolute atomic E-state index is 12.5. The maximum atomic E-state index is 12.5. The Labute approximate surface area is 88.8 Å². The van der Waals surface area contributed by atoms with E-state index in [9.17, 15) is 12.3 Å². The van der Waals surface area contributed by atoms with E-state index in [1.807, 2.05) is 19.2 Å². The molecule has 0 amide bonds. The molecule has 0 saturated heterocycles. The van der Waals surface area contributed by atoms with Crippen LogP contribution in [0.1, 0.15) is 5.56 Å². The van der Waals surface area contributed by atoms with Crippen molar-refractivity contribution in [2.24, 2.45) is 0 Å². The molecule has 0 aliphatic heterocycles. The standard InChI is InChI=1S/C10H12FNO2S/c1-12-8-2-3-9-4-6-10(7-5-9)15(11,13)14/h2-7,12H,8H2,1H3. The molecule has 5 heteroatoms. The Hall–Kier alpha value is -1.20. The Morgan fingerprint density at radius 3 is 2.40 bits per heavy atom. The van der Waals surface area contributed by atoms with Gasteiger partial charge >= 0.3 is 10.2 Å². The largest absolute Gasteiger partial charge is 0.332 e. The van der Waals surface area contributed by atoms with Crippen LogP contribution in [0.15, 0.2) is 35.2 Å². The van der Waals surface area contributed by atoms with Crippen molar-refractivity contribution in [3.8, 4) is 0 Å². The highest BCUT2D eigenvalue weighted by atomic mass is 32.3.